The summed E-state index contributed by atoms with van der Waals surface area (Å²) in [5.41, 5.74) is 0.133. The molecule has 64 valence electrons. The number of benzene rings is 1. The van der Waals surface area contributed by atoms with Crippen molar-refractivity contribution in [1.29, 1.82) is 0 Å². The van der Waals surface area contributed by atoms with Gasteiger partial charge in [-0.1, -0.05) is 0 Å². The average molecular weight is 343 g/mol. The maximum absolute atomic E-state index is 13.2. The lowest BCUT2D eigenvalue weighted by molar-refractivity contribution is 0.101. The van der Waals surface area contributed by atoms with E-state index in [4.69, 9.17) is 0 Å². The van der Waals surface area contributed by atoms with Crippen LogP contribution >= 0.6 is 38.5 Å². The Morgan fingerprint density at radius 2 is 2.17 bits per heavy atom. The van der Waals surface area contributed by atoms with E-state index in [9.17, 15) is 9.18 Å². The normalized spacial score (nSPS) is 10.0. The molecule has 0 atom stereocenters. The van der Waals surface area contributed by atoms with Gasteiger partial charge in [0, 0.05) is 3.57 Å². The highest BCUT2D eigenvalue weighted by molar-refractivity contribution is 14.1. The van der Waals surface area contributed by atoms with Crippen LogP contribution in [0.25, 0.3) is 0 Å². The minimum atomic E-state index is -0.483. The van der Waals surface area contributed by atoms with Crippen LogP contribution in [0.15, 0.2) is 16.6 Å². The molecule has 1 aromatic carbocycles. The highest BCUT2D eigenvalue weighted by Gasteiger charge is 2.11. The molecular weight excluding hydrogens is 338 g/mol. The summed E-state index contributed by atoms with van der Waals surface area (Å²) < 4.78 is 14.3. The number of ketones is 1. The number of carbonyl (C=O) groups excluding carboxylic acids is 1. The third-order valence-electron chi connectivity index (χ3n) is 1.37. The predicted molar refractivity (Wildman–Crippen MR) is 56.8 cm³/mol. The van der Waals surface area contributed by atoms with E-state index in [1.807, 2.05) is 22.6 Å². The summed E-state index contributed by atoms with van der Waals surface area (Å²) in [5.74, 6) is -0.741. The summed E-state index contributed by atoms with van der Waals surface area (Å²) in [5, 5.41) is 0. The van der Waals surface area contributed by atoms with Crippen molar-refractivity contribution in [3.63, 3.8) is 0 Å². The molecule has 1 nitrogen and oxygen atoms in total. The van der Waals surface area contributed by atoms with Gasteiger partial charge in [-0.05, 0) is 57.6 Å². The number of carbonyl (C=O) groups is 1. The zero-order valence-electron chi connectivity index (χ0n) is 6.20. The Bertz CT molecular complexity index is 338. The van der Waals surface area contributed by atoms with Gasteiger partial charge in [0.1, 0.15) is 5.82 Å². The predicted octanol–water partition coefficient (Wildman–Crippen LogP) is 3.40. The van der Waals surface area contributed by atoms with Crippen molar-refractivity contribution in [3.8, 4) is 0 Å². The lowest BCUT2D eigenvalue weighted by atomic mass is 10.1. The molecule has 0 radical (unpaired) electrons. The zero-order chi connectivity index (χ0) is 9.30. The first-order chi connectivity index (χ1) is 5.52. The summed E-state index contributed by atoms with van der Waals surface area (Å²) >= 11 is 5.07. The second-order valence-corrected chi connectivity index (χ2v) is 4.41. The number of hydrogen-bond donors (Lipinski definition) is 0. The fraction of sp³-hybridized carbons (Fsp3) is 0.125. The van der Waals surface area contributed by atoms with Crippen LogP contribution in [-0.2, 0) is 0 Å². The fourth-order valence-electron chi connectivity index (χ4n) is 0.812. The van der Waals surface area contributed by atoms with E-state index in [1.54, 1.807) is 6.07 Å². The molecule has 0 amide bonds. The van der Waals surface area contributed by atoms with Gasteiger partial charge in [-0.15, -0.1) is 0 Å². The molecule has 1 aromatic rings. The first kappa shape index (κ1) is 10.1. The van der Waals surface area contributed by atoms with Crippen LogP contribution < -0.4 is 0 Å². The molecule has 0 fully saturated rings. The van der Waals surface area contributed by atoms with Gasteiger partial charge in [-0.2, -0.15) is 0 Å². The highest BCUT2D eigenvalue weighted by atomic mass is 127. The van der Waals surface area contributed by atoms with Crippen molar-refractivity contribution >= 4 is 44.3 Å². The number of rotatable bonds is 1. The Labute approximate surface area is 91.6 Å². The molecule has 0 saturated carbocycles. The second-order valence-electron chi connectivity index (χ2n) is 2.31. The SMILES string of the molecule is CC(=O)c1cc(I)cc(Br)c1F. The summed E-state index contributed by atoms with van der Waals surface area (Å²) in [6.45, 7) is 1.35. The van der Waals surface area contributed by atoms with Crippen LogP contribution in [0.1, 0.15) is 17.3 Å². The summed E-state index contributed by atoms with van der Waals surface area (Å²) in [6.07, 6.45) is 0. The standard InChI is InChI=1S/C8H5BrFIO/c1-4(12)6-2-5(11)3-7(9)8(6)10/h2-3H,1H3. The number of Topliss-reactive ketones (excluding diaryl/α,β-unsaturated/α-hetero) is 1. The lowest BCUT2D eigenvalue weighted by Gasteiger charge is -2.01. The van der Waals surface area contributed by atoms with Crippen molar-refractivity contribution in [2.75, 3.05) is 0 Å². The largest absolute Gasteiger partial charge is 0.294 e. The molecule has 0 unspecified atom stereocenters. The maximum atomic E-state index is 13.2. The van der Waals surface area contributed by atoms with Gasteiger partial charge in [-0.25, -0.2) is 4.39 Å². The van der Waals surface area contributed by atoms with Gasteiger partial charge in [-0.3, -0.25) is 4.79 Å². The minimum Gasteiger partial charge on any atom is -0.294 e. The van der Waals surface area contributed by atoms with E-state index < -0.39 is 5.82 Å². The molecule has 0 saturated heterocycles. The number of hydrogen-bond acceptors (Lipinski definition) is 1. The van der Waals surface area contributed by atoms with Crippen LogP contribution in [-0.4, -0.2) is 5.78 Å². The summed E-state index contributed by atoms with van der Waals surface area (Å²) in [4.78, 5) is 10.9. The van der Waals surface area contributed by atoms with E-state index in [1.165, 1.54) is 13.0 Å². The van der Waals surface area contributed by atoms with Gasteiger partial charge in [0.2, 0.25) is 0 Å². The molecule has 4 heteroatoms. The highest BCUT2D eigenvalue weighted by Crippen LogP contribution is 2.22. The van der Waals surface area contributed by atoms with Crippen molar-refractivity contribution in [2.45, 2.75) is 6.92 Å². The van der Waals surface area contributed by atoms with Gasteiger partial charge in [0.05, 0.1) is 10.0 Å². The van der Waals surface area contributed by atoms with Crippen LogP contribution in [0.4, 0.5) is 4.39 Å². The number of halogens is 3. The Balaban J connectivity index is 3.37. The molecule has 0 aliphatic carbocycles. The molecule has 12 heavy (non-hydrogen) atoms. The van der Waals surface area contributed by atoms with E-state index in [0.717, 1.165) is 3.57 Å². The van der Waals surface area contributed by atoms with Gasteiger partial charge >= 0.3 is 0 Å². The minimum absolute atomic E-state index is 0.133. The van der Waals surface area contributed by atoms with Crippen LogP contribution in [0.2, 0.25) is 0 Å². The topological polar surface area (TPSA) is 17.1 Å². The molecule has 0 bridgehead atoms. The Hall–Kier alpha value is 0.0300. The van der Waals surface area contributed by atoms with Crippen LogP contribution in [0.3, 0.4) is 0 Å². The molecule has 0 spiro atoms. The smallest absolute Gasteiger partial charge is 0.162 e. The molecule has 0 aliphatic rings. The molecule has 0 aliphatic heterocycles. The van der Waals surface area contributed by atoms with Gasteiger partial charge in [0.25, 0.3) is 0 Å². The second kappa shape index (κ2) is 3.83. The molecule has 1 rings (SSSR count). The monoisotopic (exact) mass is 342 g/mol. The van der Waals surface area contributed by atoms with Crippen molar-refractivity contribution in [1.82, 2.24) is 0 Å². The van der Waals surface area contributed by atoms with Gasteiger partial charge in [0.15, 0.2) is 5.78 Å². The third-order valence-corrected chi connectivity index (χ3v) is 2.57. The summed E-state index contributed by atoms with van der Waals surface area (Å²) in [6, 6.07) is 3.16. The van der Waals surface area contributed by atoms with E-state index >= 15 is 0 Å². The van der Waals surface area contributed by atoms with Crippen molar-refractivity contribution in [3.05, 3.63) is 31.6 Å². The lowest BCUT2D eigenvalue weighted by Crippen LogP contribution is -1.98. The molecule has 0 heterocycles. The summed E-state index contributed by atoms with van der Waals surface area (Å²) in [7, 11) is 0. The average Bonchev–Trinajstić information content (AvgIpc) is 1.96. The zero-order valence-corrected chi connectivity index (χ0v) is 9.94. The van der Waals surface area contributed by atoms with Gasteiger partial charge < -0.3 is 0 Å². The first-order valence-corrected chi connectivity index (χ1v) is 5.05. The molecule has 0 N–H and O–H groups in total. The molecular formula is C8H5BrFIO. The van der Waals surface area contributed by atoms with E-state index in [-0.39, 0.29) is 11.3 Å². The molecule has 0 aromatic heterocycles. The van der Waals surface area contributed by atoms with Crippen LogP contribution in [0, 0.1) is 9.39 Å². The van der Waals surface area contributed by atoms with Crippen molar-refractivity contribution < 1.29 is 9.18 Å². The fourth-order valence-corrected chi connectivity index (χ4v) is 2.32. The third kappa shape index (κ3) is 2.04. The van der Waals surface area contributed by atoms with E-state index in [2.05, 4.69) is 15.9 Å². The quantitative estimate of drug-likeness (QED) is 0.434. The Morgan fingerprint density at radius 1 is 1.58 bits per heavy atom. The maximum Gasteiger partial charge on any atom is 0.162 e. The van der Waals surface area contributed by atoms with Crippen molar-refractivity contribution in [2.24, 2.45) is 0 Å². The van der Waals surface area contributed by atoms with Crippen LogP contribution in [0.5, 0.6) is 0 Å². The van der Waals surface area contributed by atoms with E-state index in [0.29, 0.717) is 4.47 Å². The first-order valence-electron chi connectivity index (χ1n) is 3.18. The Morgan fingerprint density at radius 3 is 2.67 bits per heavy atom. The Kier molecular flexibility index (Phi) is 3.22.